The van der Waals surface area contributed by atoms with E-state index in [0.717, 1.165) is 5.56 Å². The fourth-order valence-corrected chi connectivity index (χ4v) is 2.30. The van der Waals surface area contributed by atoms with Gasteiger partial charge in [0.1, 0.15) is 5.03 Å². The van der Waals surface area contributed by atoms with Gasteiger partial charge >= 0.3 is 6.36 Å². The zero-order chi connectivity index (χ0) is 13.7. The van der Waals surface area contributed by atoms with Crippen LogP contribution in [0.15, 0.2) is 53.7 Å². The van der Waals surface area contributed by atoms with Crippen LogP contribution in [0.3, 0.4) is 0 Å². The summed E-state index contributed by atoms with van der Waals surface area (Å²) in [6.07, 6.45) is -3.26. The van der Waals surface area contributed by atoms with Crippen LogP contribution < -0.4 is 4.74 Å². The van der Waals surface area contributed by atoms with Gasteiger partial charge in [0.25, 0.3) is 0 Å². The quantitative estimate of drug-likeness (QED) is 0.783. The Morgan fingerprint density at radius 1 is 1.05 bits per heavy atom. The summed E-state index contributed by atoms with van der Waals surface area (Å²) < 4.78 is 40.6. The van der Waals surface area contributed by atoms with Crippen LogP contribution in [-0.2, 0) is 5.75 Å². The van der Waals surface area contributed by atoms with Gasteiger partial charge < -0.3 is 4.74 Å². The lowest BCUT2D eigenvalue weighted by Crippen LogP contribution is -2.17. The summed E-state index contributed by atoms with van der Waals surface area (Å²) in [5.41, 5.74) is 1.01. The standard InChI is InChI=1S/C13H10F3NOS/c14-13(15,16)18-11-7-4-8-17-12(11)19-9-10-5-2-1-3-6-10/h1-8H,9H2. The molecule has 0 saturated carbocycles. The van der Waals surface area contributed by atoms with Gasteiger partial charge in [0.15, 0.2) is 5.75 Å². The molecule has 0 aliphatic rings. The normalized spacial score (nSPS) is 11.3. The summed E-state index contributed by atoms with van der Waals surface area (Å²) in [5, 5.41) is 0.226. The number of halogens is 3. The van der Waals surface area contributed by atoms with Gasteiger partial charge in [-0.25, -0.2) is 4.98 Å². The molecule has 0 fully saturated rings. The van der Waals surface area contributed by atoms with Gasteiger partial charge in [0.05, 0.1) is 0 Å². The highest BCUT2D eigenvalue weighted by Gasteiger charge is 2.32. The monoisotopic (exact) mass is 285 g/mol. The van der Waals surface area contributed by atoms with Gasteiger partial charge in [0, 0.05) is 11.9 Å². The van der Waals surface area contributed by atoms with E-state index in [1.54, 1.807) is 0 Å². The predicted octanol–water partition coefficient (Wildman–Crippen LogP) is 4.27. The highest BCUT2D eigenvalue weighted by Crippen LogP contribution is 2.32. The fourth-order valence-electron chi connectivity index (χ4n) is 1.41. The molecule has 0 aliphatic carbocycles. The van der Waals surface area contributed by atoms with Crippen molar-refractivity contribution in [3.8, 4) is 5.75 Å². The van der Waals surface area contributed by atoms with Crippen LogP contribution >= 0.6 is 11.8 Å². The summed E-state index contributed by atoms with van der Waals surface area (Å²) in [7, 11) is 0. The zero-order valence-corrected chi connectivity index (χ0v) is 10.5. The van der Waals surface area contributed by atoms with E-state index >= 15 is 0 Å². The van der Waals surface area contributed by atoms with E-state index in [-0.39, 0.29) is 10.8 Å². The van der Waals surface area contributed by atoms with Crippen molar-refractivity contribution < 1.29 is 17.9 Å². The van der Waals surface area contributed by atoms with Crippen LogP contribution in [-0.4, -0.2) is 11.3 Å². The molecule has 0 unspecified atom stereocenters. The van der Waals surface area contributed by atoms with Crippen molar-refractivity contribution in [1.82, 2.24) is 4.98 Å². The molecule has 2 nitrogen and oxygen atoms in total. The summed E-state index contributed by atoms with van der Waals surface area (Å²) in [4.78, 5) is 3.92. The third kappa shape index (κ3) is 4.48. The zero-order valence-electron chi connectivity index (χ0n) is 9.72. The third-order valence-corrected chi connectivity index (χ3v) is 3.24. The van der Waals surface area contributed by atoms with E-state index in [1.807, 2.05) is 30.3 Å². The maximum Gasteiger partial charge on any atom is 0.573 e. The lowest BCUT2D eigenvalue weighted by atomic mass is 10.2. The summed E-state index contributed by atoms with van der Waals surface area (Å²) in [5.74, 6) is 0.266. The van der Waals surface area contributed by atoms with Crippen LogP contribution in [0, 0.1) is 0 Å². The van der Waals surface area contributed by atoms with E-state index < -0.39 is 6.36 Å². The number of alkyl halides is 3. The largest absolute Gasteiger partial charge is 0.573 e. The molecule has 19 heavy (non-hydrogen) atoms. The van der Waals surface area contributed by atoms with Crippen molar-refractivity contribution in [2.45, 2.75) is 17.1 Å². The third-order valence-electron chi connectivity index (χ3n) is 2.18. The van der Waals surface area contributed by atoms with Gasteiger partial charge in [0.2, 0.25) is 0 Å². The summed E-state index contributed by atoms with van der Waals surface area (Å²) in [6, 6.07) is 12.1. The molecule has 0 radical (unpaired) electrons. The Labute approximate surface area is 112 Å². The number of rotatable bonds is 4. The van der Waals surface area contributed by atoms with E-state index in [0.29, 0.717) is 5.75 Å². The minimum absolute atomic E-state index is 0.226. The minimum atomic E-state index is -4.70. The minimum Gasteiger partial charge on any atom is -0.403 e. The number of hydrogen-bond donors (Lipinski definition) is 0. The molecule has 1 aromatic carbocycles. The second-order valence-corrected chi connectivity index (χ2v) is 4.59. The molecule has 0 N–H and O–H groups in total. The molecule has 1 aromatic heterocycles. The Hall–Kier alpha value is -1.69. The van der Waals surface area contributed by atoms with Gasteiger partial charge in [-0.05, 0) is 17.7 Å². The highest BCUT2D eigenvalue weighted by molar-refractivity contribution is 7.98. The molecule has 2 aromatic rings. The first kappa shape index (κ1) is 13.7. The molecule has 0 aliphatic heterocycles. The van der Waals surface area contributed by atoms with Crippen molar-refractivity contribution in [1.29, 1.82) is 0 Å². The number of thioether (sulfide) groups is 1. The average molecular weight is 285 g/mol. The first-order valence-electron chi connectivity index (χ1n) is 5.42. The van der Waals surface area contributed by atoms with E-state index in [2.05, 4.69) is 9.72 Å². The molecule has 0 atom stereocenters. The molecule has 100 valence electrons. The van der Waals surface area contributed by atoms with Gasteiger partial charge in [-0.1, -0.05) is 42.1 Å². The average Bonchev–Trinajstić information content (AvgIpc) is 2.37. The van der Waals surface area contributed by atoms with Crippen LogP contribution in [0.25, 0.3) is 0 Å². The first-order chi connectivity index (χ1) is 9.04. The molecule has 0 amide bonds. The SMILES string of the molecule is FC(F)(F)Oc1cccnc1SCc1ccccc1. The van der Waals surface area contributed by atoms with Crippen molar-refractivity contribution in [3.63, 3.8) is 0 Å². The van der Waals surface area contributed by atoms with E-state index in [4.69, 9.17) is 0 Å². The molecule has 0 saturated heterocycles. The van der Waals surface area contributed by atoms with Crippen molar-refractivity contribution in [2.75, 3.05) is 0 Å². The molecule has 2 rings (SSSR count). The van der Waals surface area contributed by atoms with Crippen LogP contribution in [0.5, 0.6) is 5.75 Å². The molecular weight excluding hydrogens is 275 g/mol. The number of benzene rings is 1. The van der Waals surface area contributed by atoms with E-state index in [9.17, 15) is 13.2 Å². The number of aromatic nitrogens is 1. The number of ether oxygens (including phenoxy) is 1. The molecule has 0 spiro atoms. The first-order valence-corrected chi connectivity index (χ1v) is 6.40. The Morgan fingerprint density at radius 3 is 2.47 bits per heavy atom. The summed E-state index contributed by atoms with van der Waals surface area (Å²) >= 11 is 1.20. The lowest BCUT2D eigenvalue weighted by Gasteiger charge is -2.11. The maximum atomic E-state index is 12.2. The molecule has 0 bridgehead atoms. The Bertz CT molecular complexity index is 531. The topological polar surface area (TPSA) is 22.1 Å². The fraction of sp³-hybridized carbons (Fsp3) is 0.154. The molecule has 6 heteroatoms. The van der Waals surface area contributed by atoms with Crippen LogP contribution in [0.4, 0.5) is 13.2 Å². The number of hydrogen-bond acceptors (Lipinski definition) is 3. The van der Waals surface area contributed by atoms with Crippen LogP contribution in [0.1, 0.15) is 5.56 Å². The molecule has 1 heterocycles. The predicted molar refractivity (Wildman–Crippen MR) is 66.9 cm³/mol. The smallest absolute Gasteiger partial charge is 0.403 e. The maximum absolute atomic E-state index is 12.2. The Balaban J connectivity index is 2.08. The second kappa shape index (κ2) is 5.97. The van der Waals surface area contributed by atoms with Gasteiger partial charge in [-0.3, -0.25) is 0 Å². The van der Waals surface area contributed by atoms with Gasteiger partial charge in [-0.2, -0.15) is 0 Å². The van der Waals surface area contributed by atoms with Gasteiger partial charge in [-0.15, -0.1) is 13.2 Å². The molecular formula is C13H10F3NOS. The summed E-state index contributed by atoms with van der Waals surface area (Å²) in [6.45, 7) is 0. The Kier molecular flexibility index (Phi) is 4.31. The van der Waals surface area contributed by atoms with Crippen molar-refractivity contribution in [2.24, 2.45) is 0 Å². The second-order valence-electron chi connectivity index (χ2n) is 3.63. The van der Waals surface area contributed by atoms with E-state index in [1.165, 1.54) is 30.1 Å². The highest BCUT2D eigenvalue weighted by atomic mass is 32.2. The number of pyridine rings is 1. The lowest BCUT2D eigenvalue weighted by molar-refractivity contribution is -0.275. The van der Waals surface area contributed by atoms with Crippen molar-refractivity contribution in [3.05, 3.63) is 54.2 Å². The number of nitrogens with zero attached hydrogens (tertiary/aromatic N) is 1. The van der Waals surface area contributed by atoms with Crippen LogP contribution in [0.2, 0.25) is 0 Å². The Morgan fingerprint density at radius 2 is 1.79 bits per heavy atom. The van der Waals surface area contributed by atoms with Crippen molar-refractivity contribution >= 4 is 11.8 Å².